The van der Waals surface area contributed by atoms with Gasteiger partial charge in [-0.1, -0.05) is 23.7 Å². The molecule has 0 spiro atoms. The van der Waals surface area contributed by atoms with E-state index in [1.165, 1.54) is 0 Å². The van der Waals surface area contributed by atoms with Gasteiger partial charge < -0.3 is 9.52 Å². The van der Waals surface area contributed by atoms with Gasteiger partial charge in [0.2, 0.25) is 5.89 Å². The van der Waals surface area contributed by atoms with E-state index in [1.54, 1.807) is 36.5 Å². The first-order chi connectivity index (χ1) is 11.3. The van der Waals surface area contributed by atoms with E-state index in [-0.39, 0.29) is 11.5 Å². The number of fused-ring (bicyclic) bond motifs is 1. The number of alkyl halides is 3. The molecule has 0 amide bonds. The second-order valence-electron chi connectivity index (χ2n) is 5.27. The molecule has 0 aliphatic rings. The summed E-state index contributed by atoms with van der Waals surface area (Å²) in [5.41, 5.74) is 2.12. The molecule has 1 aromatic carbocycles. The Labute approximate surface area is 139 Å². The number of hydrogen-bond donors (Lipinski definition) is 1. The van der Waals surface area contributed by atoms with Gasteiger partial charge in [0.1, 0.15) is 6.10 Å². The number of benzene rings is 1. The molecule has 1 atom stereocenters. The van der Waals surface area contributed by atoms with Crippen molar-refractivity contribution in [2.45, 2.75) is 25.1 Å². The van der Waals surface area contributed by atoms with Crippen molar-refractivity contribution < 1.29 is 22.7 Å². The third kappa shape index (κ3) is 3.85. The Morgan fingerprint density at radius 2 is 1.88 bits per heavy atom. The lowest BCUT2D eigenvalue weighted by Crippen LogP contribution is -2.10. The van der Waals surface area contributed by atoms with Crippen molar-refractivity contribution in [3.8, 4) is 11.1 Å². The minimum Gasteiger partial charge on any atom is -0.436 e. The number of halogens is 4. The van der Waals surface area contributed by atoms with Gasteiger partial charge in [-0.05, 0) is 30.2 Å². The molecule has 3 aromatic rings. The lowest BCUT2D eigenvalue weighted by Gasteiger charge is -2.08. The van der Waals surface area contributed by atoms with Gasteiger partial charge in [-0.3, -0.25) is 0 Å². The highest BCUT2D eigenvalue weighted by atomic mass is 35.5. The highest BCUT2D eigenvalue weighted by molar-refractivity contribution is 6.30. The Morgan fingerprint density at radius 1 is 1.17 bits per heavy atom. The molecule has 126 valence electrons. The van der Waals surface area contributed by atoms with E-state index in [4.69, 9.17) is 16.0 Å². The van der Waals surface area contributed by atoms with Crippen LogP contribution in [0.25, 0.3) is 22.4 Å². The van der Waals surface area contributed by atoms with Crippen molar-refractivity contribution in [2.75, 3.05) is 0 Å². The van der Waals surface area contributed by atoms with Crippen molar-refractivity contribution in [3.63, 3.8) is 0 Å². The molecule has 0 fully saturated rings. The zero-order valence-electron chi connectivity index (χ0n) is 12.2. The molecule has 3 rings (SSSR count). The molecule has 24 heavy (non-hydrogen) atoms. The normalized spacial score (nSPS) is 13.4. The van der Waals surface area contributed by atoms with Crippen molar-refractivity contribution in [2.24, 2.45) is 0 Å². The molecule has 0 aliphatic carbocycles. The van der Waals surface area contributed by atoms with Crippen LogP contribution in [0.3, 0.4) is 0 Å². The average Bonchev–Trinajstić information content (AvgIpc) is 2.95. The zero-order chi connectivity index (χ0) is 17.3. The molecule has 0 bridgehead atoms. The summed E-state index contributed by atoms with van der Waals surface area (Å²) < 4.78 is 42.0. The van der Waals surface area contributed by atoms with Crippen molar-refractivity contribution in [3.05, 3.63) is 47.4 Å². The van der Waals surface area contributed by atoms with E-state index in [0.717, 1.165) is 11.1 Å². The number of rotatable bonds is 4. The minimum absolute atomic E-state index is 0.171. The summed E-state index contributed by atoms with van der Waals surface area (Å²) in [6.07, 6.45) is -5.83. The van der Waals surface area contributed by atoms with Gasteiger partial charge in [0.25, 0.3) is 0 Å². The molecule has 0 saturated heterocycles. The van der Waals surface area contributed by atoms with Gasteiger partial charge in [0, 0.05) is 23.2 Å². The van der Waals surface area contributed by atoms with E-state index >= 15 is 0 Å². The summed E-state index contributed by atoms with van der Waals surface area (Å²) in [4.78, 5) is 8.07. The van der Waals surface area contributed by atoms with Gasteiger partial charge >= 0.3 is 6.18 Å². The smallest absolute Gasteiger partial charge is 0.389 e. The van der Waals surface area contributed by atoms with Crippen LogP contribution < -0.4 is 0 Å². The second kappa shape index (κ2) is 6.41. The summed E-state index contributed by atoms with van der Waals surface area (Å²) in [5.74, 6) is -0.171. The Balaban J connectivity index is 1.85. The summed E-state index contributed by atoms with van der Waals surface area (Å²) in [6, 6.07) is 8.74. The molecular weight excluding hydrogens is 345 g/mol. The van der Waals surface area contributed by atoms with Crippen LogP contribution in [0.5, 0.6) is 0 Å². The standard InChI is InChI=1S/C16H12ClF3N2O2/c17-11-3-1-9(2-4-11)10-7-13-14(21-8-10)22-15(24-13)12(23)5-6-16(18,19)20/h1-4,7-8,12,23H,5-6H2. The minimum atomic E-state index is -4.34. The summed E-state index contributed by atoms with van der Waals surface area (Å²) in [6.45, 7) is 0. The van der Waals surface area contributed by atoms with Crippen LogP contribution in [-0.4, -0.2) is 21.3 Å². The number of aromatic nitrogens is 2. The highest BCUT2D eigenvalue weighted by Gasteiger charge is 2.29. The van der Waals surface area contributed by atoms with Crippen LogP contribution in [0.1, 0.15) is 24.8 Å². The lowest BCUT2D eigenvalue weighted by atomic mass is 10.1. The molecule has 1 unspecified atom stereocenters. The first kappa shape index (κ1) is 16.7. The quantitative estimate of drug-likeness (QED) is 0.721. The summed E-state index contributed by atoms with van der Waals surface area (Å²) in [5, 5.41) is 10.4. The van der Waals surface area contributed by atoms with Gasteiger partial charge in [-0.2, -0.15) is 18.2 Å². The molecule has 2 heterocycles. The molecule has 1 N–H and O–H groups in total. The number of hydrogen-bond acceptors (Lipinski definition) is 4. The number of aliphatic hydroxyl groups excluding tert-OH is 1. The van der Waals surface area contributed by atoms with Gasteiger partial charge in [0.05, 0.1) is 0 Å². The molecule has 0 radical (unpaired) electrons. The van der Waals surface area contributed by atoms with E-state index in [9.17, 15) is 18.3 Å². The Bertz CT molecular complexity index is 847. The monoisotopic (exact) mass is 356 g/mol. The first-order valence-corrected chi connectivity index (χ1v) is 7.47. The summed E-state index contributed by atoms with van der Waals surface area (Å²) >= 11 is 5.84. The summed E-state index contributed by atoms with van der Waals surface area (Å²) in [7, 11) is 0. The second-order valence-corrected chi connectivity index (χ2v) is 5.71. The van der Waals surface area contributed by atoms with E-state index < -0.39 is 25.1 Å². The van der Waals surface area contributed by atoms with Crippen LogP contribution in [0, 0.1) is 0 Å². The fourth-order valence-corrected chi connectivity index (χ4v) is 2.33. The zero-order valence-corrected chi connectivity index (χ0v) is 13.0. The fourth-order valence-electron chi connectivity index (χ4n) is 2.20. The SMILES string of the molecule is OC(CCC(F)(F)F)c1nc2ncc(-c3ccc(Cl)cc3)cc2o1. The van der Waals surface area contributed by atoms with Gasteiger partial charge in [-0.15, -0.1) is 0 Å². The van der Waals surface area contributed by atoms with Crippen LogP contribution >= 0.6 is 11.6 Å². The Kier molecular flexibility index (Phi) is 4.47. The van der Waals surface area contributed by atoms with Crippen LogP contribution in [0.15, 0.2) is 40.9 Å². The van der Waals surface area contributed by atoms with Crippen LogP contribution in [0.4, 0.5) is 13.2 Å². The predicted octanol–water partition coefficient (Wildman–Crippen LogP) is 4.92. The molecule has 4 nitrogen and oxygen atoms in total. The highest BCUT2D eigenvalue weighted by Crippen LogP contribution is 2.30. The average molecular weight is 357 g/mol. The molecule has 0 aliphatic heterocycles. The Hall–Kier alpha value is -2.12. The van der Waals surface area contributed by atoms with Crippen LogP contribution in [0.2, 0.25) is 5.02 Å². The third-order valence-corrected chi connectivity index (χ3v) is 3.68. The fraction of sp³-hybridized carbons (Fsp3) is 0.250. The Morgan fingerprint density at radius 3 is 2.54 bits per heavy atom. The van der Waals surface area contributed by atoms with Gasteiger partial charge in [0.15, 0.2) is 11.2 Å². The maximum atomic E-state index is 12.2. The number of nitrogens with zero attached hydrogens (tertiary/aromatic N) is 2. The van der Waals surface area contributed by atoms with Crippen LogP contribution in [-0.2, 0) is 0 Å². The first-order valence-electron chi connectivity index (χ1n) is 7.09. The molecular formula is C16H12ClF3N2O2. The maximum absolute atomic E-state index is 12.2. The lowest BCUT2D eigenvalue weighted by molar-refractivity contribution is -0.140. The number of oxazole rings is 1. The molecule has 0 saturated carbocycles. The van der Waals surface area contributed by atoms with Crippen molar-refractivity contribution >= 4 is 22.8 Å². The van der Waals surface area contributed by atoms with E-state index in [0.29, 0.717) is 10.6 Å². The maximum Gasteiger partial charge on any atom is 0.389 e. The van der Waals surface area contributed by atoms with Crippen molar-refractivity contribution in [1.29, 1.82) is 0 Å². The van der Waals surface area contributed by atoms with E-state index in [1.807, 2.05) is 0 Å². The van der Waals surface area contributed by atoms with E-state index in [2.05, 4.69) is 9.97 Å². The number of aliphatic hydroxyl groups is 1. The number of pyridine rings is 1. The molecule has 2 aromatic heterocycles. The predicted molar refractivity (Wildman–Crippen MR) is 82.5 cm³/mol. The van der Waals surface area contributed by atoms with Gasteiger partial charge in [-0.25, -0.2) is 4.98 Å². The van der Waals surface area contributed by atoms with Crippen molar-refractivity contribution in [1.82, 2.24) is 9.97 Å². The largest absolute Gasteiger partial charge is 0.436 e. The topological polar surface area (TPSA) is 59.2 Å². The third-order valence-electron chi connectivity index (χ3n) is 3.43. The molecule has 8 heteroatoms.